The molecule has 0 fully saturated rings. The number of carbonyl (C=O) groups excluding carboxylic acids is 2. The van der Waals surface area contributed by atoms with Crippen LogP contribution < -0.4 is 16.4 Å². The van der Waals surface area contributed by atoms with E-state index in [1.165, 1.54) is 17.3 Å². The molecule has 0 aromatic heterocycles. The van der Waals surface area contributed by atoms with E-state index < -0.39 is 5.91 Å². The van der Waals surface area contributed by atoms with Crippen molar-refractivity contribution in [2.24, 2.45) is 5.73 Å². The van der Waals surface area contributed by atoms with E-state index in [0.29, 0.717) is 5.69 Å². The molecule has 3 aromatic carbocycles. The molecule has 2 amide bonds. The van der Waals surface area contributed by atoms with Gasteiger partial charge in [-0.15, -0.1) is 11.8 Å². The summed E-state index contributed by atoms with van der Waals surface area (Å²) in [6, 6.07) is 25.6. The third-order valence-corrected chi connectivity index (χ3v) is 5.64. The van der Waals surface area contributed by atoms with Gasteiger partial charge in [-0.25, -0.2) is 0 Å². The van der Waals surface area contributed by atoms with Crippen molar-refractivity contribution >= 4 is 29.3 Å². The van der Waals surface area contributed by atoms with Crippen molar-refractivity contribution in [3.8, 4) is 0 Å². The highest BCUT2D eigenvalue weighted by Gasteiger charge is 2.15. The maximum atomic E-state index is 12.6. The number of thioether (sulfide) groups is 1. The molecule has 0 aliphatic heterocycles. The number of carbonyl (C=O) groups is 2. The maximum Gasteiger partial charge on any atom is 0.238 e. The molecule has 0 radical (unpaired) electrons. The van der Waals surface area contributed by atoms with Crippen LogP contribution in [0.5, 0.6) is 0 Å². The highest BCUT2D eigenvalue weighted by molar-refractivity contribution is 8.00. The molecular weight excluding hydrogens is 394 g/mol. The molecule has 5 nitrogen and oxygen atoms in total. The van der Waals surface area contributed by atoms with Crippen molar-refractivity contribution in [2.75, 3.05) is 17.6 Å². The van der Waals surface area contributed by atoms with Crippen molar-refractivity contribution in [2.45, 2.75) is 17.9 Å². The summed E-state index contributed by atoms with van der Waals surface area (Å²) < 4.78 is 0. The normalized spacial score (nSPS) is 11.6. The van der Waals surface area contributed by atoms with Gasteiger partial charge in [0.15, 0.2) is 0 Å². The van der Waals surface area contributed by atoms with Crippen molar-refractivity contribution in [1.29, 1.82) is 0 Å². The number of benzene rings is 3. The van der Waals surface area contributed by atoms with Crippen LogP contribution in [0.25, 0.3) is 0 Å². The van der Waals surface area contributed by atoms with Crippen molar-refractivity contribution < 1.29 is 9.59 Å². The Kier molecular flexibility index (Phi) is 7.65. The maximum absolute atomic E-state index is 12.6. The largest absolute Gasteiger partial charge is 0.369 e. The fourth-order valence-corrected chi connectivity index (χ4v) is 3.81. The second-order valence-corrected chi connectivity index (χ2v) is 7.95. The van der Waals surface area contributed by atoms with Gasteiger partial charge in [0.05, 0.1) is 24.0 Å². The third kappa shape index (κ3) is 6.20. The number of nitrogens with two attached hydrogens (primary N) is 1. The summed E-state index contributed by atoms with van der Waals surface area (Å²) in [4.78, 5) is 24.5. The van der Waals surface area contributed by atoms with Crippen LogP contribution in [-0.4, -0.2) is 24.1 Å². The first kappa shape index (κ1) is 21.6. The molecule has 0 aliphatic rings. The number of hydrogen-bond acceptors (Lipinski definition) is 4. The summed E-state index contributed by atoms with van der Waals surface area (Å²) in [5, 5.41) is 6.30. The number of primary amides is 1. The molecule has 6 heteroatoms. The number of rotatable bonds is 9. The number of anilines is 1. The Balaban J connectivity index is 1.69. The summed E-state index contributed by atoms with van der Waals surface area (Å²) in [6.07, 6.45) is 0. The Hall–Kier alpha value is -3.09. The van der Waals surface area contributed by atoms with Crippen LogP contribution in [0.1, 0.15) is 22.7 Å². The smallest absolute Gasteiger partial charge is 0.238 e. The zero-order chi connectivity index (χ0) is 21.3. The summed E-state index contributed by atoms with van der Waals surface area (Å²) in [5.41, 5.74) is 9.28. The molecule has 0 unspecified atom stereocenters. The Morgan fingerprint density at radius 2 is 1.53 bits per heavy atom. The van der Waals surface area contributed by atoms with Crippen LogP contribution in [0.3, 0.4) is 0 Å². The molecule has 154 valence electrons. The first-order valence-corrected chi connectivity index (χ1v) is 10.7. The lowest BCUT2D eigenvalue weighted by atomic mass is 9.98. The average Bonchev–Trinajstić information content (AvgIpc) is 2.75. The standard InChI is InChI=1S/C24H25N3O2S/c1-17-11-13-19(14-12-17)24(18-7-3-2-4-8-18)26-15-23(29)27-20-9-5-6-10-21(20)30-16-22(25)28/h2-14,24,26H,15-16H2,1H3,(H2,25,28)(H,27,29)/t24-/m1/s1. The molecule has 1 atom stereocenters. The quantitative estimate of drug-likeness (QED) is 0.460. The molecule has 30 heavy (non-hydrogen) atoms. The van der Waals surface area contributed by atoms with Gasteiger partial charge in [0.1, 0.15) is 0 Å². The van der Waals surface area contributed by atoms with Crippen LogP contribution in [-0.2, 0) is 9.59 Å². The molecule has 4 N–H and O–H groups in total. The van der Waals surface area contributed by atoms with E-state index in [9.17, 15) is 9.59 Å². The van der Waals surface area contributed by atoms with Crippen molar-refractivity contribution in [3.63, 3.8) is 0 Å². The molecular formula is C24H25N3O2S. The fraction of sp³-hybridized carbons (Fsp3) is 0.167. The monoisotopic (exact) mass is 419 g/mol. The first-order chi connectivity index (χ1) is 14.5. The van der Waals surface area contributed by atoms with Gasteiger partial charge in [0, 0.05) is 4.90 Å². The molecule has 0 spiro atoms. The molecule has 0 aliphatic carbocycles. The Morgan fingerprint density at radius 1 is 0.900 bits per heavy atom. The summed E-state index contributed by atoms with van der Waals surface area (Å²) in [5.74, 6) is -0.393. The second-order valence-electron chi connectivity index (χ2n) is 6.93. The number of aryl methyl sites for hydroxylation is 1. The van der Waals surface area contributed by atoms with E-state index >= 15 is 0 Å². The van der Waals surface area contributed by atoms with E-state index in [1.807, 2.05) is 54.6 Å². The van der Waals surface area contributed by atoms with Crippen molar-refractivity contribution in [1.82, 2.24) is 5.32 Å². The highest BCUT2D eigenvalue weighted by atomic mass is 32.2. The number of amides is 2. The van der Waals surface area contributed by atoms with Crippen LogP contribution in [0, 0.1) is 6.92 Å². The van der Waals surface area contributed by atoms with Crippen LogP contribution in [0.15, 0.2) is 83.8 Å². The van der Waals surface area contributed by atoms with Gasteiger partial charge in [-0.1, -0.05) is 72.3 Å². The molecule has 3 rings (SSSR count). The molecule has 0 saturated carbocycles. The number of para-hydroxylation sites is 1. The lowest BCUT2D eigenvalue weighted by molar-refractivity contribution is -0.116. The molecule has 0 heterocycles. The Morgan fingerprint density at radius 3 is 2.23 bits per heavy atom. The highest BCUT2D eigenvalue weighted by Crippen LogP contribution is 2.27. The van der Waals surface area contributed by atoms with Crippen LogP contribution in [0.4, 0.5) is 5.69 Å². The number of nitrogens with one attached hydrogen (secondary N) is 2. The predicted molar refractivity (Wildman–Crippen MR) is 122 cm³/mol. The van der Waals surface area contributed by atoms with E-state index in [4.69, 9.17) is 5.73 Å². The Labute approximate surface area is 181 Å². The lowest BCUT2D eigenvalue weighted by Crippen LogP contribution is -2.32. The minimum absolute atomic E-state index is 0.1000. The van der Waals surface area contributed by atoms with Crippen molar-refractivity contribution in [3.05, 3.63) is 95.6 Å². The van der Waals surface area contributed by atoms with Gasteiger partial charge < -0.3 is 11.1 Å². The van der Waals surface area contributed by atoms with E-state index in [0.717, 1.165) is 16.0 Å². The summed E-state index contributed by atoms with van der Waals surface area (Å²) in [6.45, 7) is 2.19. The predicted octanol–water partition coefficient (Wildman–Crippen LogP) is 3.89. The molecule has 0 bridgehead atoms. The average molecular weight is 420 g/mol. The van der Waals surface area contributed by atoms with E-state index in [1.54, 1.807) is 0 Å². The second kappa shape index (κ2) is 10.6. The van der Waals surface area contributed by atoms with Crippen LogP contribution in [0.2, 0.25) is 0 Å². The van der Waals surface area contributed by atoms with Gasteiger partial charge in [0.2, 0.25) is 11.8 Å². The van der Waals surface area contributed by atoms with E-state index in [2.05, 4.69) is 41.8 Å². The topological polar surface area (TPSA) is 84.2 Å². The fourth-order valence-electron chi connectivity index (χ4n) is 3.07. The zero-order valence-electron chi connectivity index (χ0n) is 16.8. The third-order valence-electron chi connectivity index (χ3n) is 4.54. The molecule has 3 aromatic rings. The molecule has 0 saturated heterocycles. The SMILES string of the molecule is Cc1ccc([C@H](NCC(=O)Nc2ccccc2SCC(N)=O)c2ccccc2)cc1. The summed E-state index contributed by atoms with van der Waals surface area (Å²) >= 11 is 1.31. The van der Waals surface area contributed by atoms with Gasteiger partial charge in [0.25, 0.3) is 0 Å². The Bertz CT molecular complexity index is 991. The number of hydrogen-bond donors (Lipinski definition) is 3. The van der Waals surface area contributed by atoms with Gasteiger partial charge >= 0.3 is 0 Å². The van der Waals surface area contributed by atoms with E-state index in [-0.39, 0.29) is 24.2 Å². The minimum atomic E-state index is -0.397. The first-order valence-electron chi connectivity index (χ1n) is 9.68. The minimum Gasteiger partial charge on any atom is -0.369 e. The van der Waals surface area contributed by atoms with Gasteiger partial charge in [-0.05, 0) is 30.2 Å². The van der Waals surface area contributed by atoms with Gasteiger partial charge in [-0.2, -0.15) is 0 Å². The van der Waals surface area contributed by atoms with Crippen LogP contribution >= 0.6 is 11.8 Å². The summed E-state index contributed by atoms with van der Waals surface area (Å²) in [7, 11) is 0. The zero-order valence-corrected chi connectivity index (χ0v) is 17.6. The lowest BCUT2D eigenvalue weighted by Gasteiger charge is -2.20. The van der Waals surface area contributed by atoms with Gasteiger partial charge in [-0.3, -0.25) is 14.9 Å².